The topological polar surface area (TPSA) is 158 Å². The van der Waals surface area contributed by atoms with Gasteiger partial charge in [0.15, 0.2) is 6.10 Å². The molecule has 12 nitrogen and oxygen atoms in total. The predicted molar refractivity (Wildman–Crippen MR) is 103 cm³/mol. The largest absolute Gasteiger partial charge is 0.480 e. The maximum Gasteiger partial charge on any atom is 0.407 e. The molecule has 0 saturated carbocycles. The van der Waals surface area contributed by atoms with Crippen molar-refractivity contribution in [3.05, 3.63) is 18.2 Å². The van der Waals surface area contributed by atoms with Crippen LogP contribution in [-0.2, 0) is 46.4 Å². The molecule has 0 aromatic carbocycles. The molecule has 3 N–H and O–H groups in total. The number of rotatable bonds is 9. The van der Waals surface area contributed by atoms with Gasteiger partial charge < -0.3 is 19.7 Å². The molecule has 1 aliphatic rings. The smallest absolute Gasteiger partial charge is 0.407 e. The van der Waals surface area contributed by atoms with Gasteiger partial charge >= 0.3 is 19.7 Å². The van der Waals surface area contributed by atoms with Crippen LogP contribution in [0.15, 0.2) is 12.5 Å². The first kappa shape index (κ1) is 24.0. The molecule has 0 bridgehead atoms. The van der Waals surface area contributed by atoms with E-state index in [2.05, 4.69) is 15.4 Å². The number of carbonyl (C=O) groups is 3. The Balaban J connectivity index is 1.85. The third-order valence-corrected chi connectivity index (χ3v) is 5.95. The number of aliphatic carboxylic acids is 1. The van der Waals surface area contributed by atoms with E-state index in [-0.39, 0.29) is 26.2 Å². The first-order valence-corrected chi connectivity index (χ1v) is 10.8. The van der Waals surface area contributed by atoms with Gasteiger partial charge in [0.2, 0.25) is 5.91 Å². The summed E-state index contributed by atoms with van der Waals surface area (Å²) in [5.74, 6) is -2.35. The number of amides is 1. The van der Waals surface area contributed by atoms with Crippen LogP contribution in [0.5, 0.6) is 0 Å². The summed E-state index contributed by atoms with van der Waals surface area (Å²) in [7, 11) is -2.20. The molecule has 30 heavy (non-hydrogen) atoms. The highest BCUT2D eigenvalue weighted by molar-refractivity contribution is 7.51. The number of carboxylic acid groups (broad SMARTS) is 1. The number of imidazole rings is 1. The third-order valence-electron chi connectivity index (χ3n) is 4.29. The van der Waals surface area contributed by atoms with Gasteiger partial charge in [-0.05, 0) is 6.92 Å². The van der Waals surface area contributed by atoms with Crippen molar-refractivity contribution >= 4 is 25.6 Å². The van der Waals surface area contributed by atoms with Gasteiger partial charge in [-0.2, -0.15) is 0 Å². The highest BCUT2D eigenvalue weighted by atomic mass is 31.2. The number of hydrogen-bond donors (Lipinski definition) is 3. The fourth-order valence-corrected chi connectivity index (χ4v) is 4.49. The summed E-state index contributed by atoms with van der Waals surface area (Å²) in [6.45, 7) is 4.57. The zero-order valence-electron chi connectivity index (χ0n) is 17.3. The van der Waals surface area contributed by atoms with E-state index in [1.807, 2.05) is 0 Å². The predicted octanol–water partition coefficient (Wildman–Crippen LogP) is 0.582. The molecule has 1 aromatic heterocycles. The lowest BCUT2D eigenvalue weighted by Gasteiger charge is -2.40. The van der Waals surface area contributed by atoms with E-state index >= 15 is 0 Å². The number of aromatic nitrogens is 2. The van der Waals surface area contributed by atoms with Crippen molar-refractivity contribution in [3.63, 3.8) is 0 Å². The van der Waals surface area contributed by atoms with E-state index in [9.17, 15) is 18.9 Å². The summed E-state index contributed by atoms with van der Waals surface area (Å²) in [5, 5.41) is 13.8. The van der Waals surface area contributed by atoms with Gasteiger partial charge in [0.25, 0.3) is 0 Å². The Morgan fingerprint density at radius 1 is 1.47 bits per heavy atom. The van der Waals surface area contributed by atoms with Crippen molar-refractivity contribution in [3.8, 4) is 0 Å². The molecule has 1 amide bonds. The number of ether oxygens (including phenoxy) is 1. The Kier molecular flexibility index (Phi) is 7.75. The van der Waals surface area contributed by atoms with Crippen LogP contribution < -0.4 is 10.4 Å². The monoisotopic (exact) mass is 446 g/mol. The van der Waals surface area contributed by atoms with Gasteiger partial charge in [-0.15, -0.1) is 0 Å². The van der Waals surface area contributed by atoms with Crippen molar-refractivity contribution in [2.24, 2.45) is 12.5 Å². The Labute approximate surface area is 173 Å². The van der Waals surface area contributed by atoms with Crippen LogP contribution in [0.3, 0.4) is 0 Å². The minimum absolute atomic E-state index is 0.0139. The van der Waals surface area contributed by atoms with Crippen LogP contribution in [-0.4, -0.2) is 57.8 Å². The second kappa shape index (κ2) is 9.69. The van der Waals surface area contributed by atoms with Gasteiger partial charge in [0, 0.05) is 25.2 Å². The summed E-state index contributed by atoms with van der Waals surface area (Å²) in [5.41, 5.74) is -0.225. The van der Waals surface area contributed by atoms with Gasteiger partial charge in [-0.1, -0.05) is 13.8 Å². The van der Waals surface area contributed by atoms with Crippen molar-refractivity contribution < 1.29 is 37.8 Å². The molecule has 0 aliphatic carbocycles. The summed E-state index contributed by atoms with van der Waals surface area (Å²) in [4.78, 5) is 39.4. The molecule has 1 saturated heterocycles. The second-order valence-corrected chi connectivity index (χ2v) is 9.39. The summed E-state index contributed by atoms with van der Waals surface area (Å²) in [6.07, 6.45) is 2.06. The second-order valence-electron chi connectivity index (χ2n) is 7.67. The normalized spacial score (nSPS) is 24.1. The van der Waals surface area contributed by atoms with E-state index in [1.54, 1.807) is 38.0 Å². The van der Waals surface area contributed by atoms with Crippen molar-refractivity contribution in [1.82, 2.24) is 20.0 Å². The van der Waals surface area contributed by atoms with Gasteiger partial charge in [0.05, 0.1) is 25.0 Å². The first-order valence-electron chi connectivity index (χ1n) is 9.25. The van der Waals surface area contributed by atoms with Crippen molar-refractivity contribution in [2.45, 2.75) is 45.9 Å². The van der Waals surface area contributed by atoms with Crippen LogP contribution in [0, 0.1) is 5.41 Å². The zero-order valence-corrected chi connectivity index (χ0v) is 18.2. The number of nitrogens with one attached hydrogen (secondary N) is 2. The number of carbonyl (C=O) groups excluding carboxylic acids is 2. The van der Waals surface area contributed by atoms with Crippen molar-refractivity contribution in [2.75, 3.05) is 13.2 Å². The Morgan fingerprint density at radius 3 is 2.77 bits per heavy atom. The number of aryl methyl sites for hydroxylation is 1. The SMILES string of the molecule is CC(N[P@@]1(=O)OCC(C)(C)[C@H](C(=O)NCCC(=O)OCc2cn(C)cn2)O1)C(=O)O. The van der Waals surface area contributed by atoms with Gasteiger partial charge in [-0.3, -0.25) is 23.4 Å². The average Bonchev–Trinajstić information content (AvgIpc) is 3.07. The molecular weight excluding hydrogens is 419 g/mol. The van der Waals surface area contributed by atoms with E-state index in [4.69, 9.17) is 18.9 Å². The van der Waals surface area contributed by atoms with E-state index < -0.39 is 43.2 Å². The Morgan fingerprint density at radius 2 is 2.17 bits per heavy atom. The lowest BCUT2D eigenvalue weighted by Crippen LogP contribution is -2.51. The average molecular weight is 446 g/mol. The highest BCUT2D eigenvalue weighted by Crippen LogP contribution is 2.53. The summed E-state index contributed by atoms with van der Waals surface area (Å²) in [6, 6.07) is -1.20. The third kappa shape index (κ3) is 6.63. The van der Waals surface area contributed by atoms with E-state index in [0.29, 0.717) is 5.69 Å². The minimum Gasteiger partial charge on any atom is -0.480 e. The standard InChI is InChI=1S/C17H27N4O8P/c1-11(16(24)25)20-30(26)28-9-17(2,3)14(29-30)15(23)18-6-5-13(22)27-8-12-7-21(4)10-19-12/h7,10-11,14H,5-6,8-9H2,1-4H3,(H,18,23)(H,20,26)(H,24,25)/t11?,14-,30+/m0/s1. The van der Waals surface area contributed by atoms with Crippen LogP contribution in [0.25, 0.3) is 0 Å². The maximum atomic E-state index is 12.7. The molecule has 2 rings (SSSR count). The number of hydrogen-bond acceptors (Lipinski definition) is 8. The lowest BCUT2D eigenvalue weighted by atomic mass is 9.87. The first-order chi connectivity index (χ1) is 13.9. The Bertz CT molecular complexity index is 839. The molecule has 1 fully saturated rings. The molecule has 168 valence electrons. The molecule has 1 aliphatic heterocycles. The number of carboxylic acids is 1. The molecule has 2 heterocycles. The molecule has 3 atom stereocenters. The van der Waals surface area contributed by atoms with E-state index in [0.717, 1.165) is 0 Å². The van der Waals surface area contributed by atoms with Crippen molar-refractivity contribution in [1.29, 1.82) is 0 Å². The van der Waals surface area contributed by atoms with Gasteiger partial charge in [0.1, 0.15) is 12.6 Å². The van der Waals surface area contributed by atoms with Crippen LogP contribution in [0.2, 0.25) is 0 Å². The quantitative estimate of drug-likeness (QED) is 0.362. The zero-order chi connectivity index (χ0) is 22.5. The Hall–Kier alpha value is -2.27. The number of esters is 1. The molecule has 1 unspecified atom stereocenters. The molecule has 0 spiro atoms. The fourth-order valence-electron chi connectivity index (χ4n) is 2.55. The minimum atomic E-state index is -4.00. The van der Waals surface area contributed by atoms with E-state index in [1.165, 1.54) is 6.92 Å². The maximum absolute atomic E-state index is 12.7. The van der Waals surface area contributed by atoms with Crippen LogP contribution >= 0.6 is 7.75 Å². The molecule has 1 aromatic rings. The van der Waals surface area contributed by atoms with Gasteiger partial charge in [-0.25, -0.2) is 14.6 Å². The van der Waals surface area contributed by atoms with Crippen LogP contribution in [0.1, 0.15) is 32.9 Å². The van der Waals surface area contributed by atoms with Crippen LogP contribution in [0.4, 0.5) is 0 Å². The number of nitrogens with zero attached hydrogens (tertiary/aromatic N) is 2. The fraction of sp³-hybridized carbons (Fsp3) is 0.647. The highest BCUT2D eigenvalue weighted by Gasteiger charge is 2.48. The summed E-state index contributed by atoms with van der Waals surface area (Å²) < 4.78 is 30.0. The molecule has 0 radical (unpaired) electrons. The summed E-state index contributed by atoms with van der Waals surface area (Å²) >= 11 is 0. The molecule has 13 heteroatoms. The lowest BCUT2D eigenvalue weighted by molar-refractivity contribution is -0.145. The molecular formula is C17H27N4O8P.